The first-order valence-electron chi connectivity index (χ1n) is 8.26. The van der Waals surface area contributed by atoms with Crippen LogP contribution in [0, 0.1) is 11.3 Å². The summed E-state index contributed by atoms with van der Waals surface area (Å²) < 4.78 is 5.59. The molecule has 0 aliphatic heterocycles. The number of anilines is 1. The van der Waals surface area contributed by atoms with E-state index in [4.69, 9.17) is 10.5 Å². The lowest BCUT2D eigenvalue weighted by atomic mass is 10.0. The highest BCUT2D eigenvalue weighted by Gasteiger charge is 2.11. The topological polar surface area (TPSA) is 128 Å². The summed E-state index contributed by atoms with van der Waals surface area (Å²) >= 11 is 0. The van der Waals surface area contributed by atoms with Gasteiger partial charge in [-0.25, -0.2) is 0 Å². The van der Waals surface area contributed by atoms with Gasteiger partial charge in [0.15, 0.2) is 0 Å². The molecule has 0 saturated heterocycles. The van der Waals surface area contributed by atoms with Crippen molar-refractivity contribution >= 4 is 16.6 Å². The Hall–Kier alpha value is -2.89. The third kappa shape index (κ3) is 3.96. The van der Waals surface area contributed by atoms with E-state index in [9.17, 15) is 5.26 Å². The first-order valence-corrected chi connectivity index (χ1v) is 8.26. The fourth-order valence-electron chi connectivity index (χ4n) is 2.65. The Morgan fingerprint density at radius 1 is 1.16 bits per heavy atom. The Kier molecular flexibility index (Phi) is 5.61. The molecule has 0 amide bonds. The summed E-state index contributed by atoms with van der Waals surface area (Å²) in [5, 5.41) is 27.3. The van der Waals surface area contributed by atoms with Crippen molar-refractivity contribution in [1.82, 2.24) is 20.4 Å². The molecule has 0 unspecified atom stereocenters. The zero-order valence-corrected chi connectivity index (χ0v) is 13.9. The number of unbranched alkanes of at least 4 members (excludes halogenated alkanes) is 1. The highest BCUT2D eigenvalue weighted by molar-refractivity contribution is 5.95. The Balaban J connectivity index is 1.72. The number of H-pyrrole nitrogens is 2. The van der Waals surface area contributed by atoms with Crippen LogP contribution in [0.4, 0.5) is 5.69 Å². The predicted molar refractivity (Wildman–Crippen MR) is 96.0 cm³/mol. The van der Waals surface area contributed by atoms with Crippen molar-refractivity contribution in [2.75, 3.05) is 31.6 Å². The van der Waals surface area contributed by atoms with Crippen LogP contribution in [0.25, 0.3) is 22.0 Å². The number of nitrogens with two attached hydrogens (primary N) is 1. The summed E-state index contributed by atoms with van der Waals surface area (Å²) in [5.41, 5.74) is 9.40. The van der Waals surface area contributed by atoms with Gasteiger partial charge in [0.05, 0.1) is 24.5 Å². The van der Waals surface area contributed by atoms with E-state index in [2.05, 4.69) is 31.8 Å². The molecule has 3 rings (SSSR count). The van der Waals surface area contributed by atoms with E-state index in [0.29, 0.717) is 25.4 Å². The smallest absolute Gasteiger partial charge is 0.143 e. The van der Waals surface area contributed by atoms with E-state index in [1.165, 1.54) is 0 Å². The highest BCUT2D eigenvalue weighted by atomic mass is 16.5. The lowest BCUT2D eigenvalue weighted by Gasteiger charge is -2.10. The van der Waals surface area contributed by atoms with Crippen molar-refractivity contribution in [3.8, 4) is 17.2 Å². The molecule has 3 aromatic rings. The Labute approximate surface area is 145 Å². The average Bonchev–Trinajstić information content (AvgIpc) is 3.29. The minimum Gasteiger partial charge on any atom is -0.382 e. The molecule has 8 nitrogen and oxygen atoms in total. The maximum atomic E-state index is 9.19. The molecule has 0 bridgehead atoms. The number of nitriles is 1. The van der Waals surface area contributed by atoms with Crippen molar-refractivity contribution < 1.29 is 4.74 Å². The molecular formula is C17H21N7O. The van der Waals surface area contributed by atoms with E-state index in [1.807, 2.05) is 12.1 Å². The molecule has 0 spiro atoms. The van der Waals surface area contributed by atoms with Gasteiger partial charge in [-0.3, -0.25) is 10.2 Å². The molecule has 0 aliphatic rings. The lowest BCUT2D eigenvalue weighted by molar-refractivity contribution is 0.140. The molecule has 0 fully saturated rings. The molecule has 0 aliphatic carbocycles. The molecule has 25 heavy (non-hydrogen) atoms. The van der Waals surface area contributed by atoms with E-state index < -0.39 is 0 Å². The summed E-state index contributed by atoms with van der Waals surface area (Å²) in [4.78, 5) is 0. The maximum absolute atomic E-state index is 9.19. The Bertz CT molecular complexity index is 861. The zero-order chi connectivity index (χ0) is 17.5. The SMILES string of the molecule is N#Cc1[nH]ncc1-c1cc(NCCOCCCCN)c2cn[nH]c2c1. The molecule has 2 aromatic heterocycles. The van der Waals surface area contributed by atoms with Gasteiger partial charge < -0.3 is 15.8 Å². The van der Waals surface area contributed by atoms with Gasteiger partial charge in [0.25, 0.3) is 0 Å². The number of nitrogens with one attached hydrogen (secondary N) is 3. The van der Waals surface area contributed by atoms with Crippen LogP contribution in [0.3, 0.4) is 0 Å². The van der Waals surface area contributed by atoms with Gasteiger partial charge in [-0.1, -0.05) is 0 Å². The molecular weight excluding hydrogens is 318 g/mol. The van der Waals surface area contributed by atoms with E-state index in [1.54, 1.807) is 12.4 Å². The minimum absolute atomic E-state index is 0.438. The number of benzene rings is 1. The number of hydrogen-bond acceptors (Lipinski definition) is 6. The van der Waals surface area contributed by atoms with E-state index >= 15 is 0 Å². The first kappa shape index (κ1) is 17.0. The third-order valence-corrected chi connectivity index (χ3v) is 3.93. The lowest BCUT2D eigenvalue weighted by Crippen LogP contribution is -2.11. The second-order valence-corrected chi connectivity index (χ2v) is 5.66. The summed E-state index contributed by atoms with van der Waals surface area (Å²) in [7, 11) is 0. The predicted octanol–water partition coefficient (Wildman–Crippen LogP) is 1.99. The Morgan fingerprint density at radius 2 is 2.04 bits per heavy atom. The molecule has 2 heterocycles. The number of nitrogens with zero attached hydrogens (tertiary/aromatic N) is 3. The molecule has 5 N–H and O–H groups in total. The number of rotatable bonds is 9. The number of aromatic nitrogens is 4. The maximum Gasteiger partial charge on any atom is 0.143 e. The Morgan fingerprint density at radius 3 is 2.88 bits per heavy atom. The average molecular weight is 339 g/mol. The van der Waals surface area contributed by atoms with Crippen molar-refractivity contribution in [2.45, 2.75) is 12.8 Å². The second kappa shape index (κ2) is 8.28. The fraction of sp³-hybridized carbons (Fsp3) is 0.353. The van der Waals surface area contributed by atoms with Gasteiger partial charge in [0, 0.05) is 29.8 Å². The molecule has 1 aromatic carbocycles. The van der Waals surface area contributed by atoms with Gasteiger partial charge >= 0.3 is 0 Å². The third-order valence-electron chi connectivity index (χ3n) is 3.93. The van der Waals surface area contributed by atoms with Gasteiger partial charge in [-0.05, 0) is 37.1 Å². The highest BCUT2D eigenvalue weighted by Crippen LogP contribution is 2.30. The normalized spacial score (nSPS) is 10.9. The molecule has 8 heteroatoms. The number of fused-ring (bicyclic) bond motifs is 1. The molecule has 0 radical (unpaired) electrons. The van der Waals surface area contributed by atoms with Crippen LogP contribution >= 0.6 is 0 Å². The molecule has 130 valence electrons. The van der Waals surface area contributed by atoms with Gasteiger partial charge in [-0.15, -0.1) is 0 Å². The summed E-state index contributed by atoms with van der Waals surface area (Å²) in [6, 6.07) is 6.08. The summed E-state index contributed by atoms with van der Waals surface area (Å²) in [6.07, 6.45) is 5.40. The number of hydrogen-bond donors (Lipinski definition) is 4. The first-order chi connectivity index (χ1) is 12.3. The fourth-order valence-corrected chi connectivity index (χ4v) is 2.65. The minimum atomic E-state index is 0.438. The molecule has 0 atom stereocenters. The second-order valence-electron chi connectivity index (χ2n) is 5.66. The van der Waals surface area contributed by atoms with E-state index in [-0.39, 0.29) is 0 Å². The van der Waals surface area contributed by atoms with Gasteiger partial charge in [0.2, 0.25) is 0 Å². The van der Waals surface area contributed by atoms with Gasteiger partial charge in [0.1, 0.15) is 11.8 Å². The van der Waals surface area contributed by atoms with Gasteiger partial charge in [-0.2, -0.15) is 15.5 Å². The zero-order valence-electron chi connectivity index (χ0n) is 13.9. The van der Waals surface area contributed by atoms with Crippen molar-refractivity contribution in [3.63, 3.8) is 0 Å². The van der Waals surface area contributed by atoms with Crippen LogP contribution in [-0.4, -0.2) is 46.7 Å². The van der Waals surface area contributed by atoms with Crippen LogP contribution in [0.2, 0.25) is 0 Å². The van der Waals surface area contributed by atoms with Crippen LogP contribution < -0.4 is 11.1 Å². The summed E-state index contributed by atoms with van der Waals surface area (Å²) in [5.74, 6) is 0. The largest absolute Gasteiger partial charge is 0.382 e. The van der Waals surface area contributed by atoms with Crippen LogP contribution in [0.1, 0.15) is 18.5 Å². The van der Waals surface area contributed by atoms with Crippen LogP contribution in [0.15, 0.2) is 24.5 Å². The van der Waals surface area contributed by atoms with Crippen molar-refractivity contribution in [3.05, 3.63) is 30.2 Å². The van der Waals surface area contributed by atoms with Crippen molar-refractivity contribution in [1.29, 1.82) is 5.26 Å². The number of ether oxygens (including phenoxy) is 1. The summed E-state index contributed by atoms with van der Waals surface area (Å²) in [6.45, 7) is 2.72. The molecule has 0 saturated carbocycles. The standard InChI is InChI=1S/C17H21N7O/c18-3-1-2-5-25-6-4-20-15-7-12(8-16-14(15)11-22-23-16)13-10-21-24-17(13)9-19/h7-8,10-11,20H,1-6,18H2,(H,21,24)(H,22,23). The van der Waals surface area contributed by atoms with Crippen LogP contribution in [0.5, 0.6) is 0 Å². The van der Waals surface area contributed by atoms with E-state index in [0.717, 1.165) is 47.2 Å². The van der Waals surface area contributed by atoms with Crippen LogP contribution in [-0.2, 0) is 4.74 Å². The quantitative estimate of drug-likeness (QED) is 0.441. The number of aromatic amines is 2. The van der Waals surface area contributed by atoms with Crippen molar-refractivity contribution in [2.24, 2.45) is 5.73 Å². The monoisotopic (exact) mass is 339 g/mol.